The van der Waals surface area contributed by atoms with Gasteiger partial charge in [0.2, 0.25) is 5.96 Å². The highest BCUT2D eigenvalue weighted by atomic mass is 125. The summed E-state index contributed by atoms with van der Waals surface area (Å²) in [5.74, 6) is 1.06. The summed E-state index contributed by atoms with van der Waals surface area (Å²) in [6, 6.07) is 13.4. The summed E-state index contributed by atoms with van der Waals surface area (Å²) in [6.45, 7) is 5.15. The van der Waals surface area contributed by atoms with Crippen LogP contribution >= 0.6 is 22.6 Å². The Kier molecular flexibility index (Phi) is 11.6. The molecule has 0 spiro atoms. The predicted octanol–water partition coefficient (Wildman–Crippen LogP) is 3.07. The van der Waals surface area contributed by atoms with Crippen LogP contribution in [-0.4, -0.2) is 56.1 Å². The molecule has 1 aliphatic heterocycles. The van der Waals surface area contributed by atoms with Gasteiger partial charge in [0.1, 0.15) is 5.75 Å². The van der Waals surface area contributed by atoms with E-state index in [-0.39, 0.29) is 5.91 Å². The highest BCUT2D eigenvalue weighted by Gasteiger charge is 2.11. The maximum Gasteiger partial charge on any atom is 0.251 e. The van der Waals surface area contributed by atoms with Gasteiger partial charge < -0.3 is 21.1 Å². The quantitative estimate of drug-likeness (QED) is 0.0593. The molecule has 10 heteroatoms. The SMILES string of the molecule is N#CNC(=NCCCOc1cccc(CN2CCCCC2)c1)NCCNC(=O)c1ccc(N)c([125I])c1. The summed E-state index contributed by atoms with van der Waals surface area (Å²) in [6.07, 6.45) is 6.50. The second-order valence-corrected chi connectivity index (χ2v) is 9.73. The Morgan fingerprint density at radius 3 is 2.72 bits per heavy atom. The highest BCUT2D eigenvalue weighted by Crippen LogP contribution is 2.18. The van der Waals surface area contributed by atoms with Gasteiger partial charge in [-0.2, -0.15) is 5.26 Å². The number of halogens is 1. The van der Waals surface area contributed by atoms with E-state index in [2.05, 4.69) is 60.6 Å². The van der Waals surface area contributed by atoms with Crippen molar-refractivity contribution in [2.45, 2.75) is 32.2 Å². The number of nitrogens with zero attached hydrogens (tertiary/aromatic N) is 3. The number of nitrogen functional groups attached to an aromatic ring is 1. The monoisotopic (exact) mass is 601 g/mol. The average molecular weight is 602 g/mol. The third-order valence-electron chi connectivity index (χ3n) is 5.73. The first kappa shape index (κ1) is 27.5. The molecule has 5 N–H and O–H groups in total. The van der Waals surface area contributed by atoms with Crippen molar-refractivity contribution < 1.29 is 9.53 Å². The van der Waals surface area contributed by atoms with Crippen molar-refractivity contribution in [2.24, 2.45) is 4.99 Å². The van der Waals surface area contributed by atoms with Crippen molar-refractivity contribution in [3.05, 3.63) is 57.2 Å². The molecule has 2 aromatic carbocycles. The number of aliphatic imine (C=N–C) groups is 1. The van der Waals surface area contributed by atoms with Crippen molar-refractivity contribution in [2.75, 3.05) is 45.1 Å². The van der Waals surface area contributed by atoms with Crippen LogP contribution < -0.4 is 26.4 Å². The average Bonchev–Trinajstić information content (AvgIpc) is 2.88. The molecule has 2 aromatic rings. The van der Waals surface area contributed by atoms with Crippen LogP contribution in [0.5, 0.6) is 5.75 Å². The Morgan fingerprint density at radius 2 is 1.94 bits per heavy atom. The molecule has 0 unspecified atom stereocenters. The number of nitrogens with one attached hydrogen (secondary N) is 3. The van der Waals surface area contributed by atoms with Gasteiger partial charge in [-0.15, -0.1) is 0 Å². The zero-order valence-electron chi connectivity index (χ0n) is 20.4. The fourth-order valence-corrected chi connectivity index (χ4v) is 4.39. The van der Waals surface area contributed by atoms with Crippen LogP contribution in [0.1, 0.15) is 41.6 Å². The fraction of sp³-hybridized carbons (Fsp3) is 0.423. The first-order valence-corrected chi connectivity index (χ1v) is 13.3. The van der Waals surface area contributed by atoms with Gasteiger partial charge in [0.15, 0.2) is 6.19 Å². The lowest BCUT2D eigenvalue weighted by molar-refractivity contribution is 0.0954. The predicted molar refractivity (Wildman–Crippen MR) is 151 cm³/mol. The first-order chi connectivity index (χ1) is 17.5. The molecule has 1 heterocycles. The number of benzene rings is 2. The molecule has 0 aromatic heterocycles. The van der Waals surface area contributed by atoms with E-state index in [9.17, 15) is 4.79 Å². The van der Waals surface area contributed by atoms with E-state index < -0.39 is 0 Å². The summed E-state index contributed by atoms with van der Waals surface area (Å²) in [7, 11) is 0. The Morgan fingerprint density at radius 1 is 1.14 bits per heavy atom. The number of piperidine rings is 1. The van der Waals surface area contributed by atoms with E-state index in [1.165, 1.54) is 37.9 Å². The number of ether oxygens (including phenoxy) is 1. The molecular formula is C26H34IN7O2. The maximum absolute atomic E-state index is 12.3. The van der Waals surface area contributed by atoms with Gasteiger partial charge in [0.25, 0.3) is 5.91 Å². The zero-order chi connectivity index (χ0) is 25.6. The second-order valence-electron chi connectivity index (χ2n) is 8.57. The Balaban J connectivity index is 1.35. The summed E-state index contributed by atoms with van der Waals surface area (Å²) >= 11 is 2.10. The summed E-state index contributed by atoms with van der Waals surface area (Å²) in [4.78, 5) is 19.2. The normalized spacial score (nSPS) is 14.1. The molecule has 9 nitrogen and oxygen atoms in total. The lowest BCUT2D eigenvalue weighted by Crippen LogP contribution is -2.40. The minimum absolute atomic E-state index is 0.182. The van der Waals surface area contributed by atoms with E-state index in [4.69, 9.17) is 15.7 Å². The van der Waals surface area contributed by atoms with E-state index in [0.29, 0.717) is 49.9 Å². The molecule has 0 radical (unpaired) electrons. The maximum atomic E-state index is 12.3. The number of rotatable bonds is 11. The van der Waals surface area contributed by atoms with Gasteiger partial charge in [0.05, 0.1) is 6.61 Å². The Bertz CT molecular complexity index is 1060. The Hall–Kier alpha value is -3.04. The number of likely N-dealkylation sites (tertiary alicyclic amines) is 1. The van der Waals surface area contributed by atoms with Crippen LogP contribution in [0.15, 0.2) is 47.5 Å². The number of carbonyl (C=O) groups excluding carboxylic acids is 1. The van der Waals surface area contributed by atoms with Crippen LogP contribution in [0.4, 0.5) is 5.69 Å². The molecule has 0 aliphatic carbocycles. The van der Waals surface area contributed by atoms with Gasteiger partial charge in [-0.05, 0) is 84.4 Å². The number of hydrogen-bond donors (Lipinski definition) is 4. The van der Waals surface area contributed by atoms with Crippen LogP contribution in [0.3, 0.4) is 0 Å². The number of carbonyl (C=O) groups is 1. The van der Waals surface area contributed by atoms with Crippen molar-refractivity contribution in [3.8, 4) is 11.9 Å². The van der Waals surface area contributed by atoms with Crippen molar-refractivity contribution in [1.29, 1.82) is 5.26 Å². The Labute approximate surface area is 226 Å². The van der Waals surface area contributed by atoms with Gasteiger partial charge >= 0.3 is 0 Å². The van der Waals surface area contributed by atoms with Gasteiger partial charge in [-0.1, -0.05) is 18.6 Å². The van der Waals surface area contributed by atoms with E-state index in [1.807, 2.05) is 18.3 Å². The lowest BCUT2D eigenvalue weighted by Gasteiger charge is -2.26. The van der Waals surface area contributed by atoms with Crippen molar-refractivity contribution in [3.63, 3.8) is 0 Å². The van der Waals surface area contributed by atoms with E-state index >= 15 is 0 Å². The number of guanidine groups is 1. The third kappa shape index (κ3) is 9.54. The van der Waals surface area contributed by atoms with Crippen LogP contribution in [0.2, 0.25) is 0 Å². The fourth-order valence-electron chi connectivity index (χ4n) is 3.87. The molecule has 0 saturated carbocycles. The van der Waals surface area contributed by atoms with Crippen molar-refractivity contribution in [1.82, 2.24) is 20.9 Å². The standard InChI is InChI=1S/C26H34IN7O2/c27-23-17-21(8-9-24(23)29)25(35)30-11-12-32-26(33-19-28)31-10-5-15-36-22-7-4-6-20(16-22)18-34-13-2-1-3-14-34/h4,6-9,16-17H,1-3,5,10-15,18,29H2,(H,30,35)(H2,31,32,33)/i27-2. The molecule has 0 bridgehead atoms. The van der Waals surface area contributed by atoms with E-state index in [0.717, 1.165) is 15.9 Å². The highest BCUT2D eigenvalue weighted by molar-refractivity contribution is 14.1. The molecule has 1 fully saturated rings. The number of nitrogens with two attached hydrogens (primary N) is 1. The van der Waals surface area contributed by atoms with Crippen LogP contribution in [-0.2, 0) is 6.54 Å². The molecule has 36 heavy (non-hydrogen) atoms. The van der Waals surface area contributed by atoms with Gasteiger partial charge in [-0.25, -0.2) is 0 Å². The van der Waals surface area contributed by atoms with E-state index in [1.54, 1.807) is 18.2 Å². The number of hydrogen-bond acceptors (Lipinski definition) is 6. The van der Waals surface area contributed by atoms with Crippen LogP contribution in [0.25, 0.3) is 0 Å². The number of amides is 1. The molecule has 1 aliphatic rings. The van der Waals surface area contributed by atoms with Gasteiger partial charge in [-0.3, -0.25) is 20.0 Å². The number of nitriles is 1. The van der Waals surface area contributed by atoms with Crippen LogP contribution in [0, 0.1) is 15.0 Å². The third-order valence-corrected chi connectivity index (χ3v) is 6.67. The molecule has 192 valence electrons. The molecule has 3 rings (SSSR count). The number of anilines is 1. The molecule has 1 amide bonds. The van der Waals surface area contributed by atoms with Gasteiger partial charge in [0, 0.05) is 47.4 Å². The minimum Gasteiger partial charge on any atom is -0.494 e. The first-order valence-electron chi connectivity index (χ1n) is 12.3. The molecular weight excluding hydrogens is 567 g/mol. The second kappa shape index (κ2) is 15.2. The smallest absolute Gasteiger partial charge is 0.251 e. The van der Waals surface area contributed by atoms with Crippen molar-refractivity contribution >= 4 is 40.1 Å². The zero-order valence-corrected chi connectivity index (χ0v) is 22.6. The lowest BCUT2D eigenvalue weighted by atomic mass is 10.1. The summed E-state index contributed by atoms with van der Waals surface area (Å²) < 4.78 is 6.74. The topological polar surface area (TPSA) is 128 Å². The summed E-state index contributed by atoms with van der Waals surface area (Å²) in [5, 5.41) is 17.4. The summed E-state index contributed by atoms with van der Waals surface area (Å²) in [5.41, 5.74) is 8.26. The largest absolute Gasteiger partial charge is 0.494 e. The molecule has 1 saturated heterocycles. The minimum atomic E-state index is -0.182. The molecule has 0 atom stereocenters.